The standard InChI is InChI=1S/C18H21NO3/c1-13(18(20)19-12-15-8-5-11-21-15)22-17-10-4-7-14-6-2-3-9-16(14)17/h4-5,7-8,10-11,13H,2-3,6,9,12H2,1H3,(H,19,20)/t13-/m0/s1. The zero-order valence-electron chi connectivity index (χ0n) is 12.8. The van der Waals surface area contributed by atoms with Gasteiger partial charge in [0.2, 0.25) is 0 Å². The van der Waals surface area contributed by atoms with E-state index >= 15 is 0 Å². The zero-order valence-corrected chi connectivity index (χ0v) is 12.8. The first-order chi connectivity index (χ1) is 10.7. The van der Waals surface area contributed by atoms with Gasteiger partial charge in [0.25, 0.3) is 5.91 Å². The van der Waals surface area contributed by atoms with E-state index in [1.54, 1.807) is 19.3 Å². The third kappa shape index (κ3) is 3.32. The Morgan fingerprint density at radius 1 is 1.27 bits per heavy atom. The van der Waals surface area contributed by atoms with Crippen LogP contribution in [0.2, 0.25) is 0 Å². The Hall–Kier alpha value is -2.23. The van der Waals surface area contributed by atoms with E-state index in [2.05, 4.69) is 11.4 Å². The number of amides is 1. The van der Waals surface area contributed by atoms with Crippen LogP contribution in [0.1, 0.15) is 36.7 Å². The van der Waals surface area contributed by atoms with Gasteiger partial charge in [0.15, 0.2) is 6.10 Å². The Morgan fingerprint density at radius 2 is 2.14 bits per heavy atom. The molecule has 0 spiro atoms. The van der Waals surface area contributed by atoms with Crippen molar-refractivity contribution in [3.63, 3.8) is 0 Å². The van der Waals surface area contributed by atoms with Gasteiger partial charge in [0, 0.05) is 0 Å². The Labute approximate surface area is 130 Å². The SMILES string of the molecule is C[C@H](Oc1cccc2c1CCCC2)C(=O)NCc1ccco1. The van der Waals surface area contributed by atoms with E-state index in [9.17, 15) is 4.79 Å². The number of ether oxygens (including phenoxy) is 1. The molecule has 1 aromatic heterocycles. The second-order valence-corrected chi connectivity index (χ2v) is 5.66. The summed E-state index contributed by atoms with van der Waals surface area (Å²) in [6.07, 6.45) is 5.63. The molecule has 4 nitrogen and oxygen atoms in total. The van der Waals surface area contributed by atoms with Crippen LogP contribution < -0.4 is 10.1 Å². The van der Waals surface area contributed by atoms with Crippen molar-refractivity contribution < 1.29 is 13.9 Å². The van der Waals surface area contributed by atoms with Crippen molar-refractivity contribution in [2.75, 3.05) is 0 Å². The van der Waals surface area contributed by atoms with E-state index in [-0.39, 0.29) is 5.91 Å². The predicted molar refractivity (Wildman–Crippen MR) is 83.7 cm³/mol. The van der Waals surface area contributed by atoms with E-state index in [0.29, 0.717) is 6.54 Å². The summed E-state index contributed by atoms with van der Waals surface area (Å²) < 4.78 is 11.1. The third-order valence-electron chi connectivity index (χ3n) is 4.04. The molecule has 0 fully saturated rings. The number of aryl methyl sites for hydroxylation is 1. The van der Waals surface area contributed by atoms with E-state index in [0.717, 1.165) is 24.4 Å². The van der Waals surface area contributed by atoms with Crippen molar-refractivity contribution in [3.05, 3.63) is 53.5 Å². The monoisotopic (exact) mass is 299 g/mol. The minimum atomic E-state index is -0.525. The largest absolute Gasteiger partial charge is 0.481 e. The summed E-state index contributed by atoms with van der Waals surface area (Å²) in [6.45, 7) is 2.16. The molecular weight excluding hydrogens is 278 g/mol. The average molecular weight is 299 g/mol. The summed E-state index contributed by atoms with van der Waals surface area (Å²) in [5, 5.41) is 2.83. The molecule has 1 heterocycles. The first-order valence-electron chi connectivity index (χ1n) is 7.81. The molecular formula is C18H21NO3. The molecule has 0 aliphatic heterocycles. The first-order valence-corrected chi connectivity index (χ1v) is 7.81. The molecule has 0 bridgehead atoms. The van der Waals surface area contributed by atoms with Gasteiger partial charge < -0.3 is 14.5 Å². The second-order valence-electron chi connectivity index (χ2n) is 5.66. The highest BCUT2D eigenvalue weighted by Crippen LogP contribution is 2.30. The Kier molecular flexibility index (Phi) is 4.47. The lowest BCUT2D eigenvalue weighted by molar-refractivity contribution is -0.127. The van der Waals surface area contributed by atoms with Gasteiger partial charge in [-0.15, -0.1) is 0 Å². The van der Waals surface area contributed by atoms with Gasteiger partial charge in [0.1, 0.15) is 11.5 Å². The van der Waals surface area contributed by atoms with Gasteiger partial charge in [-0.2, -0.15) is 0 Å². The Balaban J connectivity index is 1.61. The van der Waals surface area contributed by atoms with E-state index in [4.69, 9.17) is 9.15 Å². The summed E-state index contributed by atoms with van der Waals surface area (Å²) in [5.41, 5.74) is 2.62. The van der Waals surface area contributed by atoms with Crippen molar-refractivity contribution in [2.45, 2.75) is 45.3 Å². The highest BCUT2D eigenvalue weighted by Gasteiger charge is 2.19. The fourth-order valence-electron chi connectivity index (χ4n) is 2.83. The maximum Gasteiger partial charge on any atom is 0.261 e. The van der Waals surface area contributed by atoms with Gasteiger partial charge in [-0.25, -0.2) is 0 Å². The molecule has 0 saturated carbocycles. The van der Waals surface area contributed by atoms with Crippen LogP contribution in [-0.4, -0.2) is 12.0 Å². The summed E-state index contributed by atoms with van der Waals surface area (Å²) in [7, 11) is 0. The first kappa shape index (κ1) is 14.7. The Bertz CT molecular complexity index is 634. The van der Waals surface area contributed by atoms with E-state index in [1.165, 1.54) is 24.0 Å². The lowest BCUT2D eigenvalue weighted by Crippen LogP contribution is -2.36. The average Bonchev–Trinajstić information content (AvgIpc) is 3.06. The van der Waals surface area contributed by atoms with Crippen LogP contribution in [0.25, 0.3) is 0 Å². The number of furan rings is 1. The van der Waals surface area contributed by atoms with Crippen LogP contribution in [0.3, 0.4) is 0 Å². The molecule has 1 amide bonds. The molecule has 3 rings (SSSR count). The van der Waals surface area contributed by atoms with Crippen LogP contribution in [0.15, 0.2) is 41.0 Å². The molecule has 1 aromatic carbocycles. The summed E-state index contributed by atoms with van der Waals surface area (Å²) >= 11 is 0. The van der Waals surface area contributed by atoms with Crippen LogP contribution >= 0.6 is 0 Å². The molecule has 0 radical (unpaired) electrons. The smallest absolute Gasteiger partial charge is 0.261 e. The van der Waals surface area contributed by atoms with Gasteiger partial charge in [-0.05, 0) is 61.9 Å². The van der Waals surface area contributed by atoms with Gasteiger partial charge in [0.05, 0.1) is 12.8 Å². The number of hydrogen-bond acceptors (Lipinski definition) is 3. The number of carbonyl (C=O) groups is 1. The van der Waals surface area contributed by atoms with Crippen LogP contribution in [0.4, 0.5) is 0 Å². The zero-order chi connectivity index (χ0) is 15.4. The number of carbonyl (C=O) groups excluding carboxylic acids is 1. The van der Waals surface area contributed by atoms with Crippen LogP contribution in [0.5, 0.6) is 5.75 Å². The quantitative estimate of drug-likeness (QED) is 0.922. The molecule has 1 atom stereocenters. The van der Waals surface area contributed by atoms with E-state index < -0.39 is 6.10 Å². The number of rotatable bonds is 5. The Morgan fingerprint density at radius 3 is 2.95 bits per heavy atom. The van der Waals surface area contributed by atoms with Crippen molar-refractivity contribution in [1.29, 1.82) is 0 Å². The van der Waals surface area contributed by atoms with Gasteiger partial charge in [-0.1, -0.05) is 12.1 Å². The molecule has 1 N–H and O–H groups in total. The fraction of sp³-hybridized carbons (Fsp3) is 0.389. The molecule has 2 aromatic rings. The third-order valence-corrected chi connectivity index (χ3v) is 4.04. The fourth-order valence-corrected chi connectivity index (χ4v) is 2.83. The molecule has 1 aliphatic carbocycles. The van der Waals surface area contributed by atoms with Crippen molar-refractivity contribution in [2.24, 2.45) is 0 Å². The number of nitrogens with one attached hydrogen (secondary N) is 1. The second kappa shape index (κ2) is 6.69. The molecule has 1 aliphatic rings. The van der Waals surface area contributed by atoms with Crippen molar-refractivity contribution in [1.82, 2.24) is 5.32 Å². The molecule has 0 unspecified atom stereocenters. The predicted octanol–water partition coefficient (Wildman–Crippen LogP) is 3.24. The minimum absolute atomic E-state index is 0.134. The van der Waals surface area contributed by atoms with Crippen LogP contribution in [0, 0.1) is 0 Å². The van der Waals surface area contributed by atoms with Crippen LogP contribution in [-0.2, 0) is 24.2 Å². The molecule has 116 valence electrons. The number of benzene rings is 1. The highest BCUT2D eigenvalue weighted by atomic mass is 16.5. The molecule has 22 heavy (non-hydrogen) atoms. The molecule has 4 heteroatoms. The number of fused-ring (bicyclic) bond motifs is 1. The maximum atomic E-state index is 12.1. The lowest BCUT2D eigenvalue weighted by Gasteiger charge is -2.21. The minimum Gasteiger partial charge on any atom is -0.481 e. The summed E-state index contributed by atoms with van der Waals surface area (Å²) in [6, 6.07) is 9.76. The summed E-state index contributed by atoms with van der Waals surface area (Å²) in [4.78, 5) is 12.1. The van der Waals surface area contributed by atoms with E-state index in [1.807, 2.05) is 18.2 Å². The van der Waals surface area contributed by atoms with Crippen molar-refractivity contribution >= 4 is 5.91 Å². The van der Waals surface area contributed by atoms with Gasteiger partial charge in [-0.3, -0.25) is 4.79 Å². The van der Waals surface area contributed by atoms with Gasteiger partial charge >= 0.3 is 0 Å². The van der Waals surface area contributed by atoms with Crippen molar-refractivity contribution in [3.8, 4) is 5.75 Å². The topological polar surface area (TPSA) is 51.5 Å². The lowest BCUT2D eigenvalue weighted by atomic mass is 9.91. The highest BCUT2D eigenvalue weighted by molar-refractivity contribution is 5.80. The number of hydrogen-bond donors (Lipinski definition) is 1. The maximum absolute atomic E-state index is 12.1. The summed E-state index contributed by atoms with van der Waals surface area (Å²) in [5.74, 6) is 1.44. The normalized spacial score (nSPS) is 15.0. The molecule has 0 saturated heterocycles.